The Labute approximate surface area is 82.1 Å². The van der Waals surface area contributed by atoms with Crippen molar-refractivity contribution in [2.75, 3.05) is 7.05 Å². The van der Waals surface area contributed by atoms with E-state index in [9.17, 15) is 0 Å². The summed E-state index contributed by atoms with van der Waals surface area (Å²) >= 11 is 0. The van der Waals surface area contributed by atoms with Crippen LogP contribution >= 0.6 is 0 Å². The molecule has 1 nitrogen and oxygen atoms in total. The van der Waals surface area contributed by atoms with Crippen LogP contribution in [0, 0.1) is 5.92 Å². The molecule has 1 heteroatoms. The second-order valence-electron chi connectivity index (χ2n) is 4.10. The lowest BCUT2D eigenvalue weighted by atomic mass is 9.87. The highest BCUT2D eigenvalue weighted by Gasteiger charge is 2.21. The molecule has 1 aliphatic rings. The summed E-state index contributed by atoms with van der Waals surface area (Å²) in [6.07, 6.45) is 5.63. The van der Waals surface area contributed by atoms with Crippen LogP contribution in [0.3, 0.4) is 0 Å². The fraction of sp³-hybridized carbons (Fsp3) is 0.667. The smallest absolute Gasteiger partial charge is 0.0473 e. The number of likely N-dealkylation sites (N-methyl/N-ethyl adjacent to an activating group) is 1. The third-order valence-electron chi connectivity index (χ3n) is 3.22. The van der Waals surface area contributed by atoms with Gasteiger partial charge >= 0.3 is 0 Å². The zero-order valence-corrected chi connectivity index (χ0v) is 9.46. The number of hydrogen-bond acceptors (Lipinski definition) is 1. The Morgan fingerprint density at radius 3 is 2.69 bits per heavy atom. The second-order valence-corrected chi connectivity index (χ2v) is 4.10. The van der Waals surface area contributed by atoms with Gasteiger partial charge in [0.05, 0.1) is 0 Å². The highest BCUT2D eigenvalue weighted by Crippen LogP contribution is 2.28. The largest absolute Gasteiger partial charge is 0.374 e. The Hall–Kier alpha value is -0.720. The summed E-state index contributed by atoms with van der Waals surface area (Å²) in [6.45, 7) is 9.09. The lowest BCUT2D eigenvalue weighted by Gasteiger charge is -2.33. The van der Waals surface area contributed by atoms with E-state index in [-0.39, 0.29) is 0 Å². The van der Waals surface area contributed by atoms with Crippen molar-refractivity contribution in [3.05, 3.63) is 23.4 Å². The third-order valence-corrected chi connectivity index (χ3v) is 3.22. The molecule has 74 valence electrons. The normalized spacial score (nSPS) is 25.3. The molecule has 1 aliphatic heterocycles. The standard InChI is InChI=1S/C12H21N/c1-6-9(2)12-10(3)7-8-13(5)11(12)4/h7-9,11H,6H2,1-5H3. The molecule has 0 amide bonds. The molecule has 2 unspecified atom stereocenters. The molecule has 0 aliphatic carbocycles. The van der Waals surface area contributed by atoms with Crippen LogP contribution in [0.15, 0.2) is 23.4 Å². The van der Waals surface area contributed by atoms with Crippen LogP contribution < -0.4 is 0 Å². The number of nitrogens with zero attached hydrogens (tertiary/aromatic N) is 1. The summed E-state index contributed by atoms with van der Waals surface area (Å²) < 4.78 is 0. The van der Waals surface area contributed by atoms with E-state index in [1.54, 1.807) is 5.57 Å². The van der Waals surface area contributed by atoms with Crippen molar-refractivity contribution in [2.45, 2.75) is 40.2 Å². The Morgan fingerprint density at radius 2 is 2.15 bits per heavy atom. The van der Waals surface area contributed by atoms with Gasteiger partial charge in [0.2, 0.25) is 0 Å². The van der Waals surface area contributed by atoms with E-state index in [4.69, 9.17) is 0 Å². The fourth-order valence-electron chi connectivity index (χ4n) is 2.02. The number of allylic oxidation sites excluding steroid dienone is 2. The van der Waals surface area contributed by atoms with Gasteiger partial charge in [-0.1, -0.05) is 13.8 Å². The van der Waals surface area contributed by atoms with Crippen LogP contribution in [-0.2, 0) is 0 Å². The maximum Gasteiger partial charge on any atom is 0.0473 e. The summed E-state index contributed by atoms with van der Waals surface area (Å²) in [6, 6.07) is 0.569. The van der Waals surface area contributed by atoms with E-state index < -0.39 is 0 Å². The van der Waals surface area contributed by atoms with Gasteiger partial charge in [0, 0.05) is 13.1 Å². The van der Waals surface area contributed by atoms with Gasteiger partial charge in [0.1, 0.15) is 0 Å². The van der Waals surface area contributed by atoms with Crippen molar-refractivity contribution in [3.63, 3.8) is 0 Å². The molecule has 0 saturated heterocycles. The van der Waals surface area contributed by atoms with Crippen LogP contribution in [0.2, 0.25) is 0 Å². The fourth-order valence-corrected chi connectivity index (χ4v) is 2.02. The molecule has 0 saturated carbocycles. The first kappa shape index (κ1) is 10.4. The molecular formula is C12H21N. The van der Waals surface area contributed by atoms with Gasteiger partial charge in [-0.05, 0) is 49.6 Å². The highest BCUT2D eigenvalue weighted by atomic mass is 15.1. The molecule has 0 fully saturated rings. The van der Waals surface area contributed by atoms with Crippen molar-refractivity contribution in [3.8, 4) is 0 Å². The summed E-state index contributed by atoms with van der Waals surface area (Å²) in [4.78, 5) is 2.29. The predicted octanol–water partition coefficient (Wildman–Crippen LogP) is 3.20. The lowest BCUT2D eigenvalue weighted by molar-refractivity contribution is 0.357. The molecule has 0 N–H and O–H groups in total. The van der Waals surface area contributed by atoms with Gasteiger partial charge in [-0.15, -0.1) is 0 Å². The van der Waals surface area contributed by atoms with E-state index in [2.05, 4.69) is 51.9 Å². The molecule has 2 atom stereocenters. The van der Waals surface area contributed by atoms with E-state index in [0.29, 0.717) is 12.0 Å². The van der Waals surface area contributed by atoms with Gasteiger partial charge in [-0.3, -0.25) is 0 Å². The van der Waals surface area contributed by atoms with Gasteiger partial charge < -0.3 is 4.90 Å². The predicted molar refractivity (Wildman–Crippen MR) is 58.5 cm³/mol. The summed E-state index contributed by atoms with van der Waals surface area (Å²) in [7, 11) is 2.15. The van der Waals surface area contributed by atoms with Crippen molar-refractivity contribution in [1.29, 1.82) is 0 Å². The molecule has 0 aromatic carbocycles. The van der Waals surface area contributed by atoms with Crippen LogP contribution in [0.25, 0.3) is 0 Å². The van der Waals surface area contributed by atoms with Gasteiger partial charge in [0.25, 0.3) is 0 Å². The van der Waals surface area contributed by atoms with Crippen LogP contribution in [0.5, 0.6) is 0 Å². The minimum absolute atomic E-state index is 0.569. The van der Waals surface area contributed by atoms with Crippen LogP contribution in [0.4, 0.5) is 0 Å². The summed E-state index contributed by atoms with van der Waals surface area (Å²) in [5.74, 6) is 0.711. The molecule has 0 bridgehead atoms. The van der Waals surface area contributed by atoms with Crippen molar-refractivity contribution < 1.29 is 0 Å². The van der Waals surface area contributed by atoms with Gasteiger partial charge in [-0.2, -0.15) is 0 Å². The summed E-state index contributed by atoms with van der Waals surface area (Å²) in [5, 5.41) is 0. The minimum atomic E-state index is 0.569. The van der Waals surface area contributed by atoms with E-state index in [0.717, 1.165) is 0 Å². The van der Waals surface area contributed by atoms with Crippen LogP contribution in [-0.4, -0.2) is 18.0 Å². The molecule has 0 aromatic rings. The molecule has 0 aromatic heterocycles. The SMILES string of the molecule is CCC(C)C1=C(C)C=CN(C)C1C. The molecular weight excluding hydrogens is 158 g/mol. The average Bonchev–Trinajstić information content (AvgIpc) is 2.12. The zero-order chi connectivity index (χ0) is 10.0. The Balaban J connectivity index is 2.95. The quantitative estimate of drug-likeness (QED) is 0.629. The van der Waals surface area contributed by atoms with Crippen molar-refractivity contribution in [2.24, 2.45) is 5.92 Å². The topological polar surface area (TPSA) is 3.24 Å². The highest BCUT2D eigenvalue weighted by molar-refractivity contribution is 5.32. The first-order valence-electron chi connectivity index (χ1n) is 5.18. The number of hydrogen-bond donors (Lipinski definition) is 0. The molecule has 1 rings (SSSR count). The van der Waals surface area contributed by atoms with Crippen LogP contribution in [0.1, 0.15) is 34.1 Å². The average molecular weight is 179 g/mol. The van der Waals surface area contributed by atoms with E-state index >= 15 is 0 Å². The molecule has 1 heterocycles. The maximum atomic E-state index is 2.32. The zero-order valence-electron chi connectivity index (χ0n) is 9.46. The van der Waals surface area contributed by atoms with E-state index in [1.807, 2.05) is 0 Å². The first-order valence-corrected chi connectivity index (χ1v) is 5.18. The van der Waals surface area contributed by atoms with Gasteiger partial charge in [0.15, 0.2) is 0 Å². The Kier molecular flexibility index (Phi) is 3.18. The summed E-state index contributed by atoms with van der Waals surface area (Å²) in [5.41, 5.74) is 3.06. The molecule has 0 spiro atoms. The monoisotopic (exact) mass is 179 g/mol. The third kappa shape index (κ3) is 1.96. The first-order chi connectivity index (χ1) is 6.07. The second kappa shape index (κ2) is 3.99. The van der Waals surface area contributed by atoms with Crippen molar-refractivity contribution >= 4 is 0 Å². The Bertz CT molecular complexity index is 238. The maximum absolute atomic E-state index is 2.32. The lowest BCUT2D eigenvalue weighted by Crippen LogP contribution is -2.31. The molecule has 0 radical (unpaired) electrons. The molecule has 13 heavy (non-hydrogen) atoms. The van der Waals surface area contributed by atoms with Gasteiger partial charge in [-0.25, -0.2) is 0 Å². The van der Waals surface area contributed by atoms with Crippen molar-refractivity contribution in [1.82, 2.24) is 4.90 Å². The minimum Gasteiger partial charge on any atom is -0.374 e. The van der Waals surface area contributed by atoms with E-state index in [1.165, 1.54) is 12.0 Å². The Morgan fingerprint density at radius 1 is 1.54 bits per heavy atom. The number of rotatable bonds is 2.